The third-order valence-electron chi connectivity index (χ3n) is 6.95. The van der Waals surface area contributed by atoms with Gasteiger partial charge < -0.3 is 23.8 Å². The van der Waals surface area contributed by atoms with Gasteiger partial charge in [-0.05, 0) is 56.2 Å². The molecule has 6 rings (SSSR count). The predicted octanol–water partition coefficient (Wildman–Crippen LogP) is 4.43. The van der Waals surface area contributed by atoms with E-state index in [0.717, 1.165) is 72.0 Å². The minimum Gasteiger partial charge on any atom is -0.490 e. The van der Waals surface area contributed by atoms with Crippen LogP contribution in [0.25, 0.3) is 10.9 Å². The van der Waals surface area contributed by atoms with Crippen molar-refractivity contribution >= 4 is 47.3 Å². The molecule has 198 valence electrons. The van der Waals surface area contributed by atoms with Gasteiger partial charge in [-0.2, -0.15) is 0 Å². The number of halogens is 2. The summed E-state index contributed by atoms with van der Waals surface area (Å²) >= 11 is 0. The SMILES string of the molecule is Cc1ccc2c3c(ccc2n1)OC[C@H](CN1CCC(Oc2ccc4c(c2)N(C)C(=O)CO4)CC1)O3.Cl.Cl. The standard InChI is InChI=1S/C27H29N3O5.2ClH/c1-17-3-5-21-22(28-17)6-8-25-27(21)35-20(15-32-25)14-30-11-9-18(10-12-30)34-19-4-7-24-23(13-19)29(2)26(31)16-33-24;;/h3-8,13,18,20H,9-12,14-16H2,1-2H3;2*1H/t20-;;/m0../s1. The Hall–Kier alpha value is -2.94. The van der Waals surface area contributed by atoms with Gasteiger partial charge in [0.1, 0.15) is 30.3 Å². The highest BCUT2D eigenvalue weighted by atomic mass is 35.5. The molecule has 0 aliphatic carbocycles. The van der Waals surface area contributed by atoms with E-state index in [9.17, 15) is 4.79 Å². The minimum atomic E-state index is -0.0566. The van der Waals surface area contributed by atoms with E-state index in [0.29, 0.717) is 12.4 Å². The minimum absolute atomic E-state index is 0. The van der Waals surface area contributed by atoms with Crippen molar-refractivity contribution < 1.29 is 23.7 Å². The second-order valence-corrected chi connectivity index (χ2v) is 9.45. The average Bonchev–Trinajstić information content (AvgIpc) is 2.87. The fourth-order valence-corrected chi connectivity index (χ4v) is 4.98. The molecule has 0 radical (unpaired) electrons. The maximum Gasteiger partial charge on any atom is 0.264 e. The fraction of sp³-hybridized carbons (Fsp3) is 0.407. The second-order valence-electron chi connectivity index (χ2n) is 9.45. The highest BCUT2D eigenvalue weighted by Gasteiger charge is 2.29. The van der Waals surface area contributed by atoms with Crippen molar-refractivity contribution in [3.05, 3.63) is 48.2 Å². The molecule has 0 unspecified atom stereocenters. The average molecular weight is 548 g/mol. The van der Waals surface area contributed by atoms with Crippen LogP contribution in [-0.2, 0) is 4.79 Å². The topological polar surface area (TPSA) is 73.4 Å². The Kier molecular flexibility index (Phi) is 8.21. The normalized spacial score (nSPS) is 19.4. The number of carbonyl (C=O) groups excluding carboxylic acids is 1. The molecule has 0 saturated carbocycles. The molecule has 37 heavy (non-hydrogen) atoms. The van der Waals surface area contributed by atoms with Gasteiger partial charge in [-0.15, -0.1) is 24.8 Å². The van der Waals surface area contributed by atoms with Gasteiger partial charge in [-0.3, -0.25) is 14.7 Å². The first-order valence-corrected chi connectivity index (χ1v) is 12.2. The molecule has 2 aromatic carbocycles. The first kappa shape index (κ1) is 27.1. The van der Waals surface area contributed by atoms with Crippen molar-refractivity contribution in [2.24, 2.45) is 0 Å². The zero-order chi connectivity index (χ0) is 23.9. The molecule has 0 bridgehead atoms. The van der Waals surface area contributed by atoms with Crippen LogP contribution in [0.1, 0.15) is 18.5 Å². The quantitative estimate of drug-likeness (QED) is 0.478. The maximum absolute atomic E-state index is 11.9. The number of amides is 1. The second kappa shape index (κ2) is 11.2. The molecule has 3 aromatic rings. The summed E-state index contributed by atoms with van der Waals surface area (Å²) in [5.74, 6) is 3.01. The summed E-state index contributed by atoms with van der Waals surface area (Å²) in [6.07, 6.45) is 1.97. The lowest BCUT2D eigenvalue weighted by molar-refractivity contribution is -0.120. The Morgan fingerprint density at radius 1 is 1.03 bits per heavy atom. The van der Waals surface area contributed by atoms with Crippen LogP contribution < -0.4 is 23.8 Å². The Balaban J connectivity index is 0.00000160. The highest BCUT2D eigenvalue weighted by Crippen LogP contribution is 2.39. The molecule has 4 heterocycles. The van der Waals surface area contributed by atoms with Gasteiger partial charge in [-0.25, -0.2) is 0 Å². The number of rotatable bonds is 4. The van der Waals surface area contributed by atoms with Gasteiger partial charge >= 0.3 is 0 Å². The number of aryl methyl sites for hydroxylation is 1. The molecule has 1 saturated heterocycles. The van der Waals surface area contributed by atoms with Crippen molar-refractivity contribution in [3.63, 3.8) is 0 Å². The molecule has 3 aliphatic heterocycles. The zero-order valence-corrected chi connectivity index (χ0v) is 22.5. The van der Waals surface area contributed by atoms with Crippen molar-refractivity contribution in [1.82, 2.24) is 9.88 Å². The van der Waals surface area contributed by atoms with Crippen molar-refractivity contribution in [1.29, 1.82) is 0 Å². The number of likely N-dealkylation sites (N-methyl/N-ethyl adjacent to an activating group) is 1. The summed E-state index contributed by atoms with van der Waals surface area (Å²) in [5.41, 5.74) is 2.67. The van der Waals surface area contributed by atoms with Crippen LogP contribution in [0, 0.1) is 6.92 Å². The van der Waals surface area contributed by atoms with Crippen LogP contribution in [0.2, 0.25) is 0 Å². The van der Waals surface area contributed by atoms with Crippen LogP contribution in [0.4, 0.5) is 5.69 Å². The van der Waals surface area contributed by atoms with Crippen LogP contribution >= 0.6 is 24.8 Å². The van der Waals surface area contributed by atoms with Gasteiger partial charge in [-0.1, -0.05) is 0 Å². The smallest absolute Gasteiger partial charge is 0.264 e. The van der Waals surface area contributed by atoms with E-state index in [2.05, 4.69) is 16.0 Å². The van der Waals surface area contributed by atoms with Gasteiger partial charge in [0.25, 0.3) is 5.91 Å². The third kappa shape index (κ3) is 5.51. The number of nitrogens with zero attached hydrogens (tertiary/aromatic N) is 3. The third-order valence-corrected chi connectivity index (χ3v) is 6.95. The van der Waals surface area contributed by atoms with Gasteiger partial charge in [0, 0.05) is 43.8 Å². The summed E-state index contributed by atoms with van der Waals surface area (Å²) in [7, 11) is 1.77. The van der Waals surface area contributed by atoms with Crippen LogP contribution in [-0.4, -0.2) is 67.9 Å². The van der Waals surface area contributed by atoms with Crippen molar-refractivity contribution in [2.75, 3.05) is 44.8 Å². The fourth-order valence-electron chi connectivity index (χ4n) is 4.98. The number of benzene rings is 2. The van der Waals surface area contributed by atoms with E-state index in [4.69, 9.17) is 18.9 Å². The molecule has 1 fully saturated rings. The summed E-state index contributed by atoms with van der Waals surface area (Å²) in [6.45, 7) is 5.28. The number of pyridine rings is 1. The number of hydrogen-bond acceptors (Lipinski definition) is 7. The van der Waals surface area contributed by atoms with Gasteiger partial charge in [0.15, 0.2) is 18.1 Å². The van der Waals surface area contributed by atoms with Crippen molar-refractivity contribution in [2.45, 2.75) is 32.0 Å². The highest BCUT2D eigenvalue weighted by molar-refractivity contribution is 5.97. The molecule has 1 atom stereocenters. The molecule has 0 spiro atoms. The molecule has 10 heteroatoms. The lowest BCUT2D eigenvalue weighted by atomic mass is 10.1. The van der Waals surface area contributed by atoms with E-state index >= 15 is 0 Å². The number of piperidine rings is 1. The van der Waals surface area contributed by atoms with Crippen LogP contribution in [0.15, 0.2) is 42.5 Å². The molecule has 1 aromatic heterocycles. The first-order valence-electron chi connectivity index (χ1n) is 12.2. The Morgan fingerprint density at radius 3 is 2.62 bits per heavy atom. The Labute approximate surface area is 228 Å². The van der Waals surface area contributed by atoms with E-state index in [-0.39, 0.29) is 49.5 Å². The number of fused-ring (bicyclic) bond motifs is 4. The zero-order valence-electron chi connectivity index (χ0n) is 20.8. The van der Waals surface area contributed by atoms with E-state index in [1.54, 1.807) is 11.9 Å². The monoisotopic (exact) mass is 547 g/mol. The van der Waals surface area contributed by atoms with Gasteiger partial charge in [0.2, 0.25) is 0 Å². The Morgan fingerprint density at radius 2 is 1.81 bits per heavy atom. The molecule has 1 amide bonds. The molecular formula is C27H31Cl2N3O5. The van der Waals surface area contributed by atoms with Crippen molar-refractivity contribution in [3.8, 4) is 23.0 Å². The van der Waals surface area contributed by atoms with Crippen LogP contribution in [0.3, 0.4) is 0 Å². The Bertz CT molecular complexity index is 1280. The predicted molar refractivity (Wildman–Crippen MR) is 146 cm³/mol. The number of likely N-dealkylation sites (tertiary alicyclic amines) is 1. The first-order chi connectivity index (χ1) is 17.0. The molecule has 8 nitrogen and oxygen atoms in total. The summed E-state index contributed by atoms with van der Waals surface area (Å²) in [4.78, 5) is 20.6. The number of ether oxygens (including phenoxy) is 4. The molecule has 3 aliphatic rings. The van der Waals surface area contributed by atoms with E-state index in [1.807, 2.05) is 43.3 Å². The number of aromatic nitrogens is 1. The lowest BCUT2D eigenvalue weighted by Gasteiger charge is -2.36. The number of carbonyl (C=O) groups is 1. The lowest BCUT2D eigenvalue weighted by Crippen LogP contribution is -2.45. The van der Waals surface area contributed by atoms with E-state index < -0.39 is 0 Å². The van der Waals surface area contributed by atoms with Crippen LogP contribution in [0.5, 0.6) is 23.0 Å². The summed E-state index contributed by atoms with van der Waals surface area (Å²) in [5, 5.41) is 0.993. The number of hydrogen-bond donors (Lipinski definition) is 0. The van der Waals surface area contributed by atoms with E-state index in [1.165, 1.54) is 0 Å². The summed E-state index contributed by atoms with van der Waals surface area (Å²) in [6, 6.07) is 13.7. The largest absolute Gasteiger partial charge is 0.490 e. The molecular weight excluding hydrogens is 517 g/mol. The van der Waals surface area contributed by atoms with Gasteiger partial charge in [0.05, 0.1) is 11.2 Å². The molecule has 0 N–H and O–H groups in total. The summed E-state index contributed by atoms with van der Waals surface area (Å²) < 4.78 is 24.2. The number of anilines is 1. The maximum atomic E-state index is 11.9.